The second-order valence-corrected chi connectivity index (χ2v) is 37.0. The number of fused-ring (bicyclic) bond motifs is 18. The molecule has 6 aliphatic rings. The fraction of sp³-hybridized carbons (Fsp3) is 0.160. The Morgan fingerprint density at radius 2 is 0.385 bits per heavy atom. The SMILES string of the molecule is CO[PH+](C)CC[PH+](C)OC.F[PH+](F)CC[PH+](F)F.F[PH+](F)CC[PH+](F)F.[Au+].[Au+].[Au+].[Au+].[Au+].[Au+].[C-]#Cc1ccc2c(c1)-c1ccccc1C2.[C-]#Cc1ccc2c(c1)-c1ccccc1C2.[C-]#Cc1ccc2c(c1)Cc1ccccc1-2.[C-]#Cc1ccc2c(c1)Cc1ccccc1-2.[C-]#Cc1ccc2c(c1)Cc1ccccc1-2.[C-]#Cc1ccc2c(c1)Cc1ccccc1-2. The average molecular weight is 2840 g/mol. The standard InChI is InChI=1S/6C15H9.C6H16O2P2.2C2H4F4P2.6Au/c4*1-2-11-7-8-15-13(9-11)10-12-5-3-4-6-14(12)15;2*1-2-11-7-8-13-10-12-5-3-4-6-14(12)15(13)9-11;1-7-9(3)5-6-10(4)8-2;2*3-7(4)1-2-8(5)6;;;;;;/h6*3-9H,10H2;5-6H2,1-4H3;2*1-2H2;;;;;;/q6*-1;;;;6*+1/p+6. The Morgan fingerprint density at radius 1 is 0.221 bits per heavy atom. The van der Waals surface area contributed by atoms with Crippen molar-refractivity contribution in [3.05, 3.63) is 393 Å². The van der Waals surface area contributed by atoms with Crippen LogP contribution in [0.3, 0.4) is 0 Å². The fourth-order valence-corrected chi connectivity index (χ4v) is 20.5. The Morgan fingerprint density at radius 3 is 0.582 bits per heavy atom. The summed E-state index contributed by atoms with van der Waals surface area (Å²) in [6.07, 6.45) is 49.0. The molecule has 22 heteroatoms. The van der Waals surface area contributed by atoms with E-state index in [0.29, 0.717) is 0 Å². The van der Waals surface area contributed by atoms with Crippen LogP contribution in [0.4, 0.5) is 33.6 Å². The van der Waals surface area contributed by atoms with E-state index in [2.05, 4.69) is 255 Å². The zero-order valence-corrected chi connectivity index (χ0v) is 85.4. The van der Waals surface area contributed by atoms with Crippen LogP contribution in [0.25, 0.3) is 66.8 Å². The summed E-state index contributed by atoms with van der Waals surface area (Å²) in [6.45, 7) is 4.38. The van der Waals surface area contributed by atoms with Gasteiger partial charge in [-0.15, -0.1) is 106 Å². The molecule has 6 aliphatic carbocycles. The molecule has 0 fully saturated rings. The van der Waals surface area contributed by atoms with Crippen LogP contribution in [0.5, 0.6) is 0 Å². The van der Waals surface area contributed by atoms with E-state index in [-0.39, 0.29) is 134 Å². The number of hydrogen-bond acceptors (Lipinski definition) is 2. The van der Waals surface area contributed by atoms with Gasteiger partial charge >= 0.3 is 168 Å². The summed E-state index contributed by atoms with van der Waals surface area (Å²) < 4.78 is 99.9. The molecular weight excluding hydrogens is 2750 g/mol. The zero-order chi connectivity index (χ0) is 82.6. The van der Waals surface area contributed by atoms with Gasteiger partial charge < -0.3 is 38.5 Å². The molecule has 2 nitrogen and oxygen atoms in total. The molecule has 0 aliphatic heterocycles. The first-order valence-corrected chi connectivity index (χ1v) is 47.6. The van der Waals surface area contributed by atoms with Crippen molar-refractivity contribution in [2.75, 3.05) is 64.5 Å². The average Bonchev–Trinajstić information content (AvgIpc) is 1.68. The summed E-state index contributed by atoms with van der Waals surface area (Å²) in [5.41, 5.74) is 37.2. The van der Waals surface area contributed by atoms with Crippen LogP contribution in [-0.4, -0.2) is 64.5 Å². The second-order valence-electron chi connectivity index (χ2n) is 27.7. The minimum atomic E-state index is -3.38. The van der Waals surface area contributed by atoms with Gasteiger partial charge in [-0.05, 0) is 183 Å². The maximum Gasteiger partial charge on any atom is 1.00 e. The maximum atomic E-state index is 11.2. The largest absolute Gasteiger partial charge is 1.00 e. The molecule has 122 heavy (non-hydrogen) atoms. The molecule has 12 aromatic rings. The van der Waals surface area contributed by atoms with Gasteiger partial charge in [0.2, 0.25) is 0 Å². The summed E-state index contributed by atoms with van der Waals surface area (Å²) in [6, 6.07) is 87.5. The summed E-state index contributed by atoms with van der Waals surface area (Å²) in [4.78, 5) is 0. The Hall–Kier alpha value is -5.62. The normalized spacial score (nSPS) is 11.5. The van der Waals surface area contributed by atoms with Crippen LogP contribution >= 0.6 is 50.5 Å². The molecule has 642 valence electrons. The van der Waals surface area contributed by atoms with Crippen LogP contribution in [0.15, 0.2) is 255 Å². The molecule has 0 bridgehead atoms. The van der Waals surface area contributed by atoms with Crippen molar-refractivity contribution in [3.63, 3.8) is 0 Å². The number of halogens is 8. The third-order valence-electron chi connectivity index (χ3n) is 20.2. The molecule has 0 radical (unpaired) electrons. The first-order valence-electron chi connectivity index (χ1n) is 37.5. The quantitative estimate of drug-likeness (QED) is 0.0422. The molecule has 0 spiro atoms. The number of hydrogen-bond donors (Lipinski definition) is 0. The topological polar surface area (TPSA) is 18.5 Å². The minimum Gasteiger partial charge on any atom is -0.366 e. The Labute approximate surface area is 817 Å². The smallest absolute Gasteiger partial charge is 0.366 e. The predicted octanol–water partition coefficient (Wildman–Crippen LogP) is 26.9. The second kappa shape index (κ2) is 55.9. The minimum absolute atomic E-state index is 0. The van der Waals surface area contributed by atoms with Crippen molar-refractivity contribution >= 4 is 50.5 Å². The summed E-state index contributed by atoms with van der Waals surface area (Å²) >= 11 is 0. The maximum absolute atomic E-state index is 11.2. The van der Waals surface area contributed by atoms with Gasteiger partial charge in [-0.25, -0.2) is 9.05 Å². The molecule has 2 unspecified atom stereocenters. The van der Waals surface area contributed by atoms with Crippen LogP contribution in [0, 0.1) is 74.1 Å². The molecule has 0 saturated heterocycles. The molecule has 0 aromatic heterocycles. The monoisotopic (exact) mass is 2840 g/mol. The van der Waals surface area contributed by atoms with E-state index in [1.807, 2.05) is 48.5 Å². The molecule has 0 saturated carbocycles. The van der Waals surface area contributed by atoms with Gasteiger partial charge in [0.1, 0.15) is 28.6 Å². The molecule has 12 aromatic carbocycles. The van der Waals surface area contributed by atoms with Crippen molar-refractivity contribution < 1.29 is 177 Å². The van der Waals surface area contributed by atoms with E-state index in [9.17, 15) is 33.6 Å². The van der Waals surface area contributed by atoms with E-state index in [0.717, 1.165) is 71.9 Å². The summed E-state index contributed by atoms with van der Waals surface area (Å²) in [5, 5.41) is 0. The molecule has 0 amide bonds. The van der Waals surface area contributed by atoms with E-state index in [4.69, 9.17) is 47.6 Å². The zero-order valence-electron chi connectivity index (χ0n) is 66.4. The summed E-state index contributed by atoms with van der Waals surface area (Å²) in [5.74, 6) is 14.6. The van der Waals surface area contributed by atoms with E-state index < -0.39 is 75.1 Å². The van der Waals surface area contributed by atoms with Gasteiger partial charge in [0, 0.05) is 0 Å². The first-order chi connectivity index (χ1) is 56.2. The number of rotatable bonds is 11. The van der Waals surface area contributed by atoms with Crippen molar-refractivity contribution in [1.82, 2.24) is 0 Å². The van der Waals surface area contributed by atoms with Gasteiger partial charge in [0.15, 0.2) is 24.6 Å². The van der Waals surface area contributed by atoms with Gasteiger partial charge in [-0.1, -0.05) is 204 Å². The van der Waals surface area contributed by atoms with Crippen LogP contribution < -0.4 is 0 Å². The Bertz CT molecular complexity index is 5130. The third-order valence-corrected chi connectivity index (χ3v) is 27.5. The van der Waals surface area contributed by atoms with Gasteiger partial charge in [-0.2, -0.15) is 0 Å². The Balaban J connectivity index is 0.000000289. The molecule has 0 N–H and O–H groups in total. The predicted molar refractivity (Wildman–Crippen MR) is 479 cm³/mol. The van der Waals surface area contributed by atoms with Gasteiger partial charge in [-0.3, -0.25) is 35.5 Å². The van der Waals surface area contributed by atoms with Crippen molar-refractivity contribution in [2.24, 2.45) is 0 Å². The van der Waals surface area contributed by atoms with E-state index in [1.54, 1.807) is 14.2 Å². The molecule has 2 atom stereocenters. The first kappa shape index (κ1) is 109. The van der Waals surface area contributed by atoms with Crippen LogP contribution in [-0.2, 0) is 182 Å². The van der Waals surface area contributed by atoms with E-state index >= 15 is 0 Å². The third kappa shape index (κ3) is 31.1. The molecule has 18 rings (SSSR count). The van der Waals surface area contributed by atoms with Crippen LogP contribution in [0.2, 0.25) is 0 Å². The van der Waals surface area contributed by atoms with Gasteiger partial charge in [0.25, 0.3) is 0 Å². The molecule has 0 heterocycles. The Kier molecular flexibility index (Phi) is 49.8. The number of benzene rings is 12. The summed E-state index contributed by atoms with van der Waals surface area (Å²) in [7, 11) is -10.9. The molecular formula is C100H84Au6F8O2P6+6. The fourth-order valence-electron chi connectivity index (χ4n) is 14.2. The van der Waals surface area contributed by atoms with Gasteiger partial charge in [0.05, 0.1) is 27.5 Å². The van der Waals surface area contributed by atoms with Crippen LogP contribution in [0.1, 0.15) is 100 Å². The van der Waals surface area contributed by atoms with Crippen molar-refractivity contribution in [2.45, 2.75) is 38.5 Å². The van der Waals surface area contributed by atoms with E-state index in [1.165, 1.54) is 146 Å². The van der Waals surface area contributed by atoms with Crippen molar-refractivity contribution in [3.8, 4) is 102 Å². The van der Waals surface area contributed by atoms with Crippen molar-refractivity contribution in [1.29, 1.82) is 0 Å².